The average molecular weight is 295 g/mol. The lowest BCUT2D eigenvalue weighted by Gasteiger charge is -2.17. The highest BCUT2D eigenvalue weighted by Gasteiger charge is 2.18. The van der Waals surface area contributed by atoms with Crippen LogP contribution in [0.25, 0.3) is 0 Å². The first-order valence-corrected chi connectivity index (χ1v) is 9.13. The molecule has 0 aliphatic heterocycles. The summed E-state index contributed by atoms with van der Waals surface area (Å²) >= 11 is 2.03. The third-order valence-corrected chi connectivity index (χ3v) is 5.20. The summed E-state index contributed by atoms with van der Waals surface area (Å²) in [6.45, 7) is 7.75. The van der Waals surface area contributed by atoms with Crippen molar-refractivity contribution >= 4 is 11.8 Å². The van der Waals surface area contributed by atoms with Crippen LogP contribution in [0.15, 0.2) is 12.3 Å². The number of rotatable bonds is 8. The maximum Gasteiger partial charge on any atom is 0.0640 e. The summed E-state index contributed by atoms with van der Waals surface area (Å²) in [5.41, 5.74) is 1.24. The van der Waals surface area contributed by atoms with Crippen LogP contribution in [0.2, 0.25) is 0 Å². The number of likely N-dealkylation sites (N-methyl/N-ethyl adjacent to an activating group) is 1. The summed E-state index contributed by atoms with van der Waals surface area (Å²) in [5.74, 6) is 1.17. The summed E-state index contributed by atoms with van der Waals surface area (Å²) in [7, 11) is 0. The van der Waals surface area contributed by atoms with Gasteiger partial charge in [-0.2, -0.15) is 16.9 Å². The number of thioether (sulfide) groups is 1. The van der Waals surface area contributed by atoms with Crippen molar-refractivity contribution in [3.05, 3.63) is 18.0 Å². The van der Waals surface area contributed by atoms with Gasteiger partial charge in [0.15, 0.2) is 0 Å². The number of hydrogen-bond donors (Lipinski definition) is 1. The molecule has 1 heterocycles. The Balaban J connectivity index is 1.88. The zero-order chi connectivity index (χ0) is 14.4. The van der Waals surface area contributed by atoms with Crippen LogP contribution < -0.4 is 5.32 Å². The minimum Gasteiger partial charge on any atom is -0.313 e. The molecule has 0 saturated heterocycles. The fourth-order valence-corrected chi connectivity index (χ4v) is 3.75. The normalized spacial score (nSPS) is 18.0. The first kappa shape index (κ1) is 15.9. The molecule has 20 heavy (non-hydrogen) atoms. The van der Waals surface area contributed by atoms with Crippen molar-refractivity contribution in [2.45, 2.75) is 70.2 Å². The van der Waals surface area contributed by atoms with Crippen LogP contribution >= 0.6 is 11.8 Å². The molecule has 0 spiro atoms. The van der Waals surface area contributed by atoms with Gasteiger partial charge in [0.05, 0.1) is 11.7 Å². The van der Waals surface area contributed by atoms with Gasteiger partial charge in [0, 0.05) is 24.4 Å². The topological polar surface area (TPSA) is 29.9 Å². The van der Waals surface area contributed by atoms with Crippen molar-refractivity contribution in [2.24, 2.45) is 0 Å². The summed E-state index contributed by atoms with van der Waals surface area (Å²) in [6.07, 6.45) is 8.58. The molecule has 0 bridgehead atoms. The molecule has 1 aliphatic rings. The van der Waals surface area contributed by atoms with Gasteiger partial charge >= 0.3 is 0 Å². The van der Waals surface area contributed by atoms with Crippen molar-refractivity contribution in [1.82, 2.24) is 15.1 Å². The number of hydrogen-bond acceptors (Lipinski definition) is 3. The van der Waals surface area contributed by atoms with E-state index >= 15 is 0 Å². The van der Waals surface area contributed by atoms with E-state index in [-0.39, 0.29) is 0 Å². The van der Waals surface area contributed by atoms with Gasteiger partial charge in [-0.1, -0.05) is 33.6 Å². The SMILES string of the molecule is CCNC(CSC(C)C)Cc1ccn(C2CCCC2)n1. The van der Waals surface area contributed by atoms with Crippen molar-refractivity contribution in [2.75, 3.05) is 12.3 Å². The molecule has 2 rings (SSSR count). The largest absolute Gasteiger partial charge is 0.313 e. The van der Waals surface area contributed by atoms with Crippen LogP contribution in [0.4, 0.5) is 0 Å². The second-order valence-corrected chi connectivity index (χ2v) is 7.68. The Morgan fingerprint density at radius 3 is 2.80 bits per heavy atom. The highest BCUT2D eigenvalue weighted by atomic mass is 32.2. The zero-order valence-electron chi connectivity index (χ0n) is 13.1. The monoisotopic (exact) mass is 295 g/mol. The zero-order valence-corrected chi connectivity index (χ0v) is 14.0. The molecule has 1 unspecified atom stereocenters. The van der Waals surface area contributed by atoms with Crippen LogP contribution in [-0.4, -0.2) is 33.4 Å². The molecule has 1 aromatic rings. The Morgan fingerprint density at radius 2 is 2.15 bits per heavy atom. The van der Waals surface area contributed by atoms with E-state index < -0.39 is 0 Å². The van der Waals surface area contributed by atoms with Crippen LogP contribution in [0.1, 0.15) is 58.2 Å². The van der Waals surface area contributed by atoms with Crippen LogP contribution in [0.3, 0.4) is 0 Å². The van der Waals surface area contributed by atoms with E-state index in [2.05, 4.69) is 43.0 Å². The predicted molar refractivity (Wildman–Crippen MR) is 88.5 cm³/mol. The molecule has 0 radical (unpaired) electrons. The van der Waals surface area contributed by atoms with Crippen molar-refractivity contribution in [3.8, 4) is 0 Å². The Morgan fingerprint density at radius 1 is 1.40 bits per heavy atom. The molecule has 4 heteroatoms. The molecule has 1 N–H and O–H groups in total. The maximum absolute atomic E-state index is 4.81. The van der Waals surface area contributed by atoms with Crippen LogP contribution in [0.5, 0.6) is 0 Å². The quantitative estimate of drug-likeness (QED) is 0.794. The number of nitrogens with zero attached hydrogens (tertiary/aromatic N) is 2. The standard InChI is InChI=1S/C16H29N3S/c1-4-17-15(12-20-13(2)3)11-14-9-10-19(18-14)16-7-5-6-8-16/h9-10,13,15-17H,4-8,11-12H2,1-3H3. The lowest BCUT2D eigenvalue weighted by molar-refractivity contribution is 0.459. The summed E-state index contributed by atoms with van der Waals surface area (Å²) in [5, 5.41) is 9.11. The van der Waals surface area contributed by atoms with E-state index in [1.165, 1.54) is 37.1 Å². The van der Waals surface area contributed by atoms with Gasteiger partial charge in [-0.15, -0.1) is 0 Å². The van der Waals surface area contributed by atoms with Crippen molar-refractivity contribution < 1.29 is 0 Å². The van der Waals surface area contributed by atoms with E-state index in [0.29, 0.717) is 17.3 Å². The lowest BCUT2D eigenvalue weighted by atomic mass is 10.2. The Bertz CT molecular complexity index is 383. The van der Waals surface area contributed by atoms with E-state index in [1.54, 1.807) is 0 Å². The maximum atomic E-state index is 4.81. The van der Waals surface area contributed by atoms with Gasteiger partial charge in [-0.3, -0.25) is 4.68 Å². The molecule has 114 valence electrons. The highest BCUT2D eigenvalue weighted by Crippen LogP contribution is 2.28. The van der Waals surface area contributed by atoms with E-state index in [9.17, 15) is 0 Å². The van der Waals surface area contributed by atoms with E-state index in [0.717, 1.165) is 13.0 Å². The minimum absolute atomic E-state index is 0.541. The number of aromatic nitrogens is 2. The minimum atomic E-state index is 0.541. The summed E-state index contributed by atoms with van der Waals surface area (Å²) < 4.78 is 2.21. The van der Waals surface area contributed by atoms with E-state index in [1.807, 2.05) is 11.8 Å². The average Bonchev–Trinajstić information content (AvgIpc) is 3.06. The molecule has 1 saturated carbocycles. The Kier molecular flexibility index (Phi) is 6.43. The molecule has 0 aromatic carbocycles. The highest BCUT2D eigenvalue weighted by molar-refractivity contribution is 7.99. The smallest absolute Gasteiger partial charge is 0.0640 e. The molecule has 0 amide bonds. The molecule has 1 atom stereocenters. The molecule has 3 nitrogen and oxygen atoms in total. The molecule has 1 fully saturated rings. The molecule has 1 aromatic heterocycles. The van der Waals surface area contributed by atoms with Crippen molar-refractivity contribution in [3.63, 3.8) is 0 Å². The van der Waals surface area contributed by atoms with Crippen LogP contribution in [-0.2, 0) is 6.42 Å². The summed E-state index contributed by atoms with van der Waals surface area (Å²) in [4.78, 5) is 0. The third kappa shape index (κ3) is 4.81. The van der Waals surface area contributed by atoms with E-state index in [4.69, 9.17) is 5.10 Å². The summed E-state index contributed by atoms with van der Waals surface area (Å²) in [6, 6.07) is 3.41. The molecule has 1 aliphatic carbocycles. The van der Waals surface area contributed by atoms with Gasteiger partial charge in [-0.05, 0) is 30.7 Å². The first-order valence-electron chi connectivity index (χ1n) is 8.08. The Hall–Kier alpha value is -0.480. The second-order valence-electron chi connectivity index (χ2n) is 6.07. The third-order valence-electron chi connectivity index (χ3n) is 3.94. The predicted octanol–water partition coefficient (Wildman–Crippen LogP) is 3.66. The molecular weight excluding hydrogens is 266 g/mol. The first-order chi connectivity index (χ1) is 9.69. The fourth-order valence-electron chi connectivity index (χ4n) is 2.90. The van der Waals surface area contributed by atoms with Gasteiger partial charge in [0.25, 0.3) is 0 Å². The fraction of sp³-hybridized carbons (Fsp3) is 0.812. The lowest BCUT2D eigenvalue weighted by Crippen LogP contribution is -2.33. The second kappa shape index (κ2) is 8.08. The van der Waals surface area contributed by atoms with Crippen LogP contribution in [0, 0.1) is 0 Å². The van der Waals surface area contributed by atoms with Gasteiger partial charge < -0.3 is 5.32 Å². The van der Waals surface area contributed by atoms with Gasteiger partial charge in [0.2, 0.25) is 0 Å². The van der Waals surface area contributed by atoms with Crippen molar-refractivity contribution in [1.29, 1.82) is 0 Å². The Labute approximate surface area is 127 Å². The van der Waals surface area contributed by atoms with Gasteiger partial charge in [0.1, 0.15) is 0 Å². The van der Waals surface area contributed by atoms with Gasteiger partial charge in [-0.25, -0.2) is 0 Å². The number of nitrogens with one attached hydrogen (secondary N) is 1. The molecular formula is C16H29N3S.